The van der Waals surface area contributed by atoms with Gasteiger partial charge < -0.3 is 14.9 Å². The molecule has 2 N–H and O–H groups in total. The monoisotopic (exact) mass is 482 g/mol. The van der Waals surface area contributed by atoms with E-state index in [0.29, 0.717) is 17.9 Å². The molecule has 8 heteroatoms. The number of rotatable bonds is 13. The summed E-state index contributed by atoms with van der Waals surface area (Å²) in [5.74, 6) is -2.11. The summed E-state index contributed by atoms with van der Waals surface area (Å²) in [6.45, 7) is 4.26. The van der Waals surface area contributed by atoms with Gasteiger partial charge in [0.05, 0.1) is 17.3 Å². The van der Waals surface area contributed by atoms with E-state index < -0.39 is 11.9 Å². The second-order valence-corrected chi connectivity index (χ2v) is 7.77. The van der Waals surface area contributed by atoms with Crippen LogP contribution in [0.3, 0.4) is 0 Å². The van der Waals surface area contributed by atoms with Crippen molar-refractivity contribution in [2.75, 3.05) is 0 Å². The lowest BCUT2D eigenvalue weighted by Crippen LogP contribution is -2.20. The Balaban J connectivity index is 0.000000658. The second kappa shape index (κ2) is 17.6. The number of benzene rings is 2. The molecule has 0 amide bonds. The molecule has 188 valence electrons. The standard InChI is InChI=1S/C23H30N2O2.C4H4O4/c1-3-5-6-7-9-12-19(4-2)23(26)27-22-17-15-21(16-18-22)25-24-20-13-10-8-11-14-20;5-3(6)1-2-4(7)8/h8,10-11,13-19H,3-7,9,12H2,1-2H3;1-2H,(H,5,6)(H,7,8)/b;2-1+. The van der Waals surface area contributed by atoms with Gasteiger partial charge >= 0.3 is 17.9 Å². The molecular formula is C27H34N2O6. The molecule has 2 aromatic rings. The summed E-state index contributed by atoms with van der Waals surface area (Å²) in [6.07, 6.45) is 8.88. The van der Waals surface area contributed by atoms with Gasteiger partial charge in [-0.05, 0) is 49.2 Å². The van der Waals surface area contributed by atoms with Gasteiger partial charge in [0.2, 0.25) is 0 Å². The van der Waals surface area contributed by atoms with Crippen molar-refractivity contribution in [1.29, 1.82) is 0 Å². The summed E-state index contributed by atoms with van der Waals surface area (Å²) in [7, 11) is 0. The molecular weight excluding hydrogens is 448 g/mol. The first-order valence-corrected chi connectivity index (χ1v) is 11.8. The lowest BCUT2D eigenvalue weighted by atomic mass is 9.98. The minimum absolute atomic E-state index is 0.0240. The van der Waals surface area contributed by atoms with Crippen molar-refractivity contribution in [1.82, 2.24) is 0 Å². The summed E-state index contributed by atoms with van der Waals surface area (Å²) >= 11 is 0. The van der Waals surface area contributed by atoms with Crippen LogP contribution < -0.4 is 4.74 Å². The van der Waals surface area contributed by atoms with Gasteiger partial charge in [-0.15, -0.1) is 0 Å². The number of ether oxygens (including phenoxy) is 1. The zero-order valence-corrected chi connectivity index (χ0v) is 20.3. The predicted octanol–water partition coefficient (Wildman–Crippen LogP) is 7.11. The molecule has 0 saturated carbocycles. The highest BCUT2D eigenvalue weighted by molar-refractivity contribution is 5.89. The van der Waals surface area contributed by atoms with Crippen molar-refractivity contribution < 1.29 is 29.3 Å². The number of nitrogens with zero attached hydrogens (tertiary/aromatic N) is 2. The molecule has 0 aliphatic rings. The van der Waals surface area contributed by atoms with E-state index in [1.807, 2.05) is 37.3 Å². The van der Waals surface area contributed by atoms with E-state index >= 15 is 0 Å². The Bertz CT molecular complexity index is 939. The van der Waals surface area contributed by atoms with Crippen LogP contribution in [0.15, 0.2) is 77.0 Å². The molecule has 0 heterocycles. The zero-order valence-electron chi connectivity index (χ0n) is 20.3. The molecule has 0 spiro atoms. The van der Waals surface area contributed by atoms with Crippen LogP contribution in [0.5, 0.6) is 5.75 Å². The quantitative estimate of drug-likeness (QED) is 0.103. The minimum atomic E-state index is -1.26. The summed E-state index contributed by atoms with van der Waals surface area (Å²) in [4.78, 5) is 31.5. The lowest BCUT2D eigenvalue weighted by Gasteiger charge is -2.14. The summed E-state index contributed by atoms with van der Waals surface area (Å²) in [6, 6.07) is 16.7. The largest absolute Gasteiger partial charge is 0.478 e. The van der Waals surface area contributed by atoms with Gasteiger partial charge in [-0.2, -0.15) is 10.2 Å². The van der Waals surface area contributed by atoms with Crippen LogP contribution in [0.4, 0.5) is 11.4 Å². The third kappa shape index (κ3) is 14.1. The zero-order chi connectivity index (χ0) is 25.9. The third-order valence-corrected chi connectivity index (χ3v) is 4.94. The second-order valence-electron chi connectivity index (χ2n) is 7.77. The maximum absolute atomic E-state index is 12.4. The highest BCUT2D eigenvalue weighted by Crippen LogP contribution is 2.23. The van der Waals surface area contributed by atoms with Gasteiger partial charge in [-0.25, -0.2) is 9.59 Å². The molecule has 0 bridgehead atoms. The Morgan fingerprint density at radius 1 is 0.800 bits per heavy atom. The topological polar surface area (TPSA) is 126 Å². The molecule has 0 radical (unpaired) electrons. The Labute approximate surface area is 206 Å². The van der Waals surface area contributed by atoms with E-state index in [1.54, 1.807) is 24.3 Å². The fourth-order valence-corrected chi connectivity index (χ4v) is 3.02. The molecule has 0 fully saturated rings. The van der Waals surface area contributed by atoms with Crippen LogP contribution in [0.2, 0.25) is 0 Å². The number of carbonyl (C=O) groups excluding carboxylic acids is 1. The molecule has 0 aliphatic carbocycles. The van der Waals surface area contributed by atoms with Crippen molar-refractivity contribution in [2.45, 2.75) is 58.8 Å². The van der Waals surface area contributed by atoms with E-state index in [-0.39, 0.29) is 11.9 Å². The lowest BCUT2D eigenvalue weighted by molar-refractivity contribution is -0.139. The molecule has 0 saturated heterocycles. The van der Waals surface area contributed by atoms with Crippen molar-refractivity contribution in [3.8, 4) is 5.75 Å². The molecule has 2 aromatic carbocycles. The third-order valence-electron chi connectivity index (χ3n) is 4.94. The van der Waals surface area contributed by atoms with Gasteiger partial charge in [0, 0.05) is 12.2 Å². The Morgan fingerprint density at radius 3 is 1.86 bits per heavy atom. The van der Waals surface area contributed by atoms with Gasteiger partial charge in [0.15, 0.2) is 0 Å². The van der Waals surface area contributed by atoms with Crippen LogP contribution >= 0.6 is 0 Å². The fraction of sp³-hybridized carbons (Fsp3) is 0.370. The average molecular weight is 483 g/mol. The van der Waals surface area contributed by atoms with Crippen LogP contribution in [0.25, 0.3) is 0 Å². The van der Waals surface area contributed by atoms with Crippen molar-refractivity contribution in [3.05, 3.63) is 66.7 Å². The summed E-state index contributed by atoms with van der Waals surface area (Å²) in [5, 5.41) is 24.0. The maximum atomic E-state index is 12.4. The molecule has 2 rings (SSSR count). The van der Waals surface area contributed by atoms with Crippen LogP contribution in [0, 0.1) is 5.92 Å². The predicted molar refractivity (Wildman–Crippen MR) is 134 cm³/mol. The number of aliphatic carboxylic acids is 2. The van der Waals surface area contributed by atoms with E-state index in [9.17, 15) is 14.4 Å². The maximum Gasteiger partial charge on any atom is 0.328 e. The number of carboxylic acid groups (broad SMARTS) is 2. The fourth-order valence-electron chi connectivity index (χ4n) is 3.02. The summed E-state index contributed by atoms with van der Waals surface area (Å²) in [5.41, 5.74) is 1.53. The smallest absolute Gasteiger partial charge is 0.328 e. The van der Waals surface area contributed by atoms with Crippen molar-refractivity contribution in [3.63, 3.8) is 0 Å². The van der Waals surface area contributed by atoms with Gasteiger partial charge in [-0.3, -0.25) is 4.79 Å². The Morgan fingerprint density at radius 2 is 1.34 bits per heavy atom. The number of carboxylic acids is 2. The van der Waals surface area contributed by atoms with Gasteiger partial charge in [0.1, 0.15) is 5.75 Å². The van der Waals surface area contributed by atoms with Crippen molar-refractivity contribution >= 4 is 29.3 Å². The number of azo groups is 1. The highest BCUT2D eigenvalue weighted by atomic mass is 16.5. The molecule has 1 unspecified atom stereocenters. The highest BCUT2D eigenvalue weighted by Gasteiger charge is 2.18. The Hall–Kier alpha value is -3.81. The number of hydrogen-bond donors (Lipinski definition) is 2. The molecule has 8 nitrogen and oxygen atoms in total. The van der Waals surface area contributed by atoms with Gasteiger partial charge in [0.25, 0.3) is 0 Å². The Kier molecular flexibility index (Phi) is 14.7. The average Bonchev–Trinajstić information content (AvgIpc) is 2.85. The van der Waals surface area contributed by atoms with Gasteiger partial charge in [-0.1, -0.05) is 64.2 Å². The SMILES string of the molecule is CCCCCCCC(CC)C(=O)Oc1ccc(N=Nc2ccccc2)cc1.O=C(O)/C=C/C(=O)O. The normalized spacial score (nSPS) is 11.6. The number of hydrogen-bond acceptors (Lipinski definition) is 6. The molecule has 0 aliphatic heterocycles. The first-order chi connectivity index (χ1) is 16.8. The van der Waals surface area contributed by atoms with E-state index in [4.69, 9.17) is 14.9 Å². The minimum Gasteiger partial charge on any atom is -0.478 e. The molecule has 0 aromatic heterocycles. The van der Waals surface area contributed by atoms with E-state index in [0.717, 1.165) is 30.6 Å². The van der Waals surface area contributed by atoms with Crippen LogP contribution in [-0.2, 0) is 14.4 Å². The van der Waals surface area contributed by atoms with Crippen LogP contribution in [0.1, 0.15) is 58.8 Å². The van der Waals surface area contributed by atoms with Crippen LogP contribution in [-0.4, -0.2) is 28.1 Å². The first kappa shape index (κ1) is 29.2. The number of unbranched alkanes of at least 4 members (excludes halogenated alkanes) is 4. The first-order valence-electron chi connectivity index (χ1n) is 11.8. The van der Waals surface area contributed by atoms with E-state index in [1.165, 1.54) is 25.7 Å². The number of esters is 1. The molecule has 1 atom stereocenters. The summed E-state index contributed by atoms with van der Waals surface area (Å²) < 4.78 is 5.55. The van der Waals surface area contributed by atoms with E-state index in [2.05, 4.69) is 17.2 Å². The molecule has 35 heavy (non-hydrogen) atoms. The number of carbonyl (C=O) groups is 3. The van der Waals surface area contributed by atoms with Crippen molar-refractivity contribution in [2.24, 2.45) is 16.1 Å².